The third-order valence-electron chi connectivity index (χ3n) is 5.46. The number of halogens is 2. The van der Waals surface area contributed by atoms with Crippen molar-refractivity contribution in [3.05, 3.63) is 101 Å². The van der Waals surface area contributed by atoms with E-state index in [-0.39, 0.29) is 11.5 Å². The number of hydrogen-bond donors (Lipinski definition) is 0. The average Bonchev–Trinajstić information content (AvgIpc) is 3.15. The first-order valence-electron chi connectivity index (χ1n) is 9.64. The van der Waals surface area contributed by atoms with Crippen molar-refractivity contribution in [2.75, 3.05) is 0 Å². The molecule has 1 aliphatic carbocycles. The van der Waals surface area contributed by atoms with Gasteiger partial charge in [-0.1, -0.05) is 36.0 Å². The predicted molar refractivity (Wildman–Crippen MR) is 112 cm³/mol. The van der Waals surface area contributed by atoms with E-state index in [1.54, 1.807) is 18.3 Å². The van der Waals surface area contributed by atoms with E-state index in [4.69, 9.17) is 0 Å². The zero-order valence-corrected chi connectivity index (χ0v) is 16.7. The number of benzene rings is 2. The lowest BCUT2D eigenvalue weighted by molar-refractivity contribution is 0.0628. The van der Waals surface area contributed by atoms with Crippen LogP contribution in [0.25, 0.3) is 0 Å². The van der Waals surface area contributed by atoms with E-state index >= 15 is 0 Å². The minimum absolute atomic E-state index is 0.0592. The Morgan fingerprint density at radius 3 is 2.80 bits per heavy atom. The number of hydrogen-bond acceptors (Lipinski definition) is 4. The standard InChI is InChI=1S/C23H17F2N3OS/c24-17-9-10-20(25)18(13-17)21-27-28(22(29)16-7-4-12-26-14-16)23(30-21)11-3-6-15-5-1-2-8-19(15)23/h1-2,4-5,7-10,12-14H,3,6,11H2. The van der Waals surface area contributed by atoms with E-state index < -0.39 is 16.5 Å². The molecule has 0 N–H and O–H groups in total. The van der Waals surface area contributed by atoms with Gasteiger partial charge in [0.05, 0.1) is 5.56 Å². The molecule has 2 aromatic carbocycles. The van der Waals surface area contributed by atoms with Crippen molar-refractivity contribution in [1.82, 2.24) is 9.99 Å². The molecule has 1 unspecified atom stereocenters. The maximum absolute atomic E-state index is 14.5. The molecule has 0 fully saturated rings. The van der Waals surface area contributed by atoms with Crippen LogP contribution in [0.4, 0.5) is 8.78 Å². The van der Waals surface area contributed by atoms with Crippen LogP contribution in [0, 0.1) is 11.6 Å². The highest BCUT2D eigenvalue weighted by atomic mass is 32.2. The van der Waals surface area contributed by atoms with Crippen molar-refractivity contribution in [3.8, 4) is 0 Å². The summed E-state index contributed by atoms with van der Waals surface area (Å²) in [4.78, 5) is 16.7. The van der Waals surface area contributed by atoms with Crippen molar-refractivity contribution in [2.45, 2.75) is 24.1 Å². The van der Waals surface area contributed by atoms with Crippen molar-refractivity contribution < 1.29 is 13.6 Å². The predicted octanol–water partition coefficient (Wildman–Crippen LogP) is 5.10. The van der Waals surface area contributed by atoms with Gasteiger partial charge in [0.25, 0.3) is 5.91 Å². The highest BCUT2D eigenvalue weighted by Crippen LogP contribution is 2.54. The van der Waals surface area contributed by atoms with Crippen LogP contribution in [0.5, 0.6) is 0 Å². The monoisotopic (exact) mass is 421 g/mol. The summed E-state index contributed by atoms with van der Waals surface area (Å²) in [6.07, 6.45) is 5.50. The summed E-state index contributed by atoms with van der Waals surface area (Å²) in [6, 6.07) is 14.6. The molecule has 1 aromatic heterocycles. The highest BCUT2D eigenvalue weighted by molar-refractivity contribution is 8.15. The number of pyridine rings is 1. The first-order chi connectivity index (χ1) is 14.6. The number of rotatable bonds is 2. The Hall–Kier alpha value is -3.06. The number of carbonyl (C=O) groups excluding carboxylic acids is 1. The Bertz CT molecular complexity index is 1170. The van der Waals surface area contributed by atoms with Crippen LogP contribution in [0.15, 0.2) is 72.1 Å². The van der Waals surface area contributed by atoms with E-state index in [1.807, 2.05) is 24.3 Å². The lowest BCUT2D eigenvalue weighted by atomic mass is 9.86. The van der Waals surface area contributed by atoms with E-state index in [1.165, 1.54) is 23.0 Å². The van der Waals surface area contributed by atoms with Crippen molar-refractivity contribution in [1.29, 1.82) is 0 Å². The van der Waals surface area contributed by atoms with Crippen molar-refractivity contribution in [3.63, 3.8) is 0 Å². The van der Waals surface area contributed by atoms with Crippen LogP contribution in [0.1, 0.15) is 39.9 Å². The molecule has 1 amide bonds. The Balaban J connectivity index is 1.68. The minimum atomic E-state index is -0.810. The van der Waals surface area contributed by atoms with Gasteiger partial charge >= 0.3 is 0 Å². The van der Waals surface area contributed by atoms with E-state index in [0.717, 1.165) is 42.2 Å². The van der Waals surface area contributed by atoms with Crippen LogP contribution in [-0.2, 0) is 11.3 Å². The molecule has 2 aliphatic rings. The number of fused-ring (bicyclic) bond motifs is 2. The zero-order chi connectivity index (χ0) is 20.7. The SMILES string of the molecule is O=C(c1cccnc1)N1N=C(c2cc(F)ccc2F)SC12CCCc1ccccc12. The summed E-state index contributed by atoms with van der Waals surface area (Å²) in [6.45, 7) is 0. The molecule has 4 nitrogen and oxygen atoms in total. The number of aromatic nitrogens is 1. The summed E-state index contributed by atoms with van der Waals surface area (Å²) in [5.74, 6) is -1.44. The van der Waals surface area contributed by atoms with Crippen LogP contribution in [0.2, 0.25) is 0 Å². The second kappa shape index (κ2) is 7.32. The highest BCUT2D eigenvalue weighted by Gasteiger charge is 2.51. The maximum Gasteiger partial charge on any atom is 0.277 e. The Morgan fingerprint density at radius 1 is 1.10 bits per heavy atom. The normalized spacial score (nSPS) is 20.2. The van der Waals surface area contributed by atoms with Crippen LogP contribution < -0.4 is 0 Å². The van der Waals surface area contributed by atoms with Gasteiger partial charge in [-0.3, -0.25) is 9.78 Å². The van der Waals surface area contributed by atoms with Gasteiger partial charge in [-0.05, 0) is 60.7 Å². The number of hydrazone groups is 1. The number of amides is 1. The van der Waals surface area contributed by atoms with Crippen LogP contribution in [-0.4, -0.2) is 20.9 Å². The number of aryl methyl sites for hydroxylation is 1. The molecule has 2 heterocycles. The van der Waals surface area contributed by atoms with Gasteiger partial charge < -0.3 is 0 Å². The van der Waals surface area contributed by atoms with Gasteiger partial charge in [0.2, 0.25) is 0 Å². The molecule has 0 saturated heterocycles. The number of thioether (sulfide) groups is 1. The molecular formula is C23H17F2N3OS. The molecule has 30 heavy (non-hydrogen) atoms. The van der Waals surface area contributed by atoms with Gasteiger partial charge in [0, 0.05) is 18.0 Å². The first kappa shape index (κ1) is 18.9. The maximum atomic E-state index is 14.5. The smallest absolute Gasteiger partial charge is 0.267 e. The molecule has 1 atom stereocenters. The lowest BCUT2D eigenvalue weighted by Crippen LogP contribution is -2.43. The molecule has 1 spiro atoms. The minimum Gasteiger partial charge on any atom is -0.267 e. The molecule has 0 bridgehead atoms. The Kier molecular flexibility index (Phi) is 4.62. The Morgan fingerprint density at radius 2 is 1.97 bits per heavy atom. The van der Waals surface area contributed by atoms with Gasteiger partial charge in [-0.2, -0.15) is 5.10 Å². The summed E-state index contributed by atoms with van der Waals surface area (Å²) < 4.78 is 28.4. The van der Waals surface area contributed by atoms with E-state index in [9.17, 15) is 13.6 Å². The molecule has 0 radical (unpaired) electrons. The molecule has 0 saturated carbocycles. The van der Waals surface area contributed by atoms with E-state index in [2.05, 4.69) is 10.1 Å². The first-order valence-corrected chi connectivity index (χ1v) is 10.5. The lowest BCUT2D eigenvalue weighted by Gasteiger charge is -2.40. The summed E-state index contributed by atoms with van der Waals surface area (Å²) in [5.41, 5.74) is 2.57. The molecule has 3 aromatic rings. The number of nitrogens with zero attached hydrogens (tertiary/aromatic N) is 3. The molecule has 7 heteroatoms. The number of carbonyl (C=O) groups is 1. The molecule has 150 valence electrons. The van der Waals surface area contributed by atoms with Crippen LogP contribution >= 0.6 is 11.8 Å². The second-order valence-electron chi connectivity index (χ2n) is 7.29. The third-order valence-corrected chi connectivity index (χ3v) is 6.89. The van der Waals surface area contributed by atoms with Gasteiger partial charge in [-0.25, -0.2) is 13.8 Å². The van der Waals surface area contributed by atoms with Crippen molar-refractivity contribution in [2.24, 2.45) is 5.10 Å². The average molecular weight is 421 g/mol. The zero-order valence-electron chi connectivity index (χ0n) is 15.9. The second-order valence-corrected chi connectivity index (χ2v) is 8.55. The molecule has 5 rings (SSSR count). The Labute approximate surface area is 176 Å². The third kappa shape index (κ3) is 3.01. The fourth-order valence-electron chi connectivity index (χ4n) is 4.08. The van der Waals surface area contributed by atoms with Gasteiger partial charge in [0.1, 0.15) is 21.5 Å². The largest absolute Gasteiger partial charge is 0.277 e. The quantitative estimate of drug-likeness (QED) is 0.578. The van der Waals surface area contributed by atoms with Gasteiger partial charge in [-0.15, -0.1) is 0 Å². The van der Waals surface area contributed by atoms with Crippen molar-refractivity contribution >= 4 is 22.7 Å². The summed E-state index contributed by atoms with van der Waals surface area (Å²) in [7, 11) is 0. The van der Waals surface area contributed by atoms with E-state index in [0.29, 0.717) is 17.0 Å². The van der Waals surface area contributed by atoms with Gasteiger partial charge in [0.15, 0.2) is 0 Å². The fraction of sp³-hybridized carbons (Fsp3) is 0.174. The molecular weight excluding hydrogens is 404 g/mol. The van der Waals surface area contributed by atoms with Crippen LogP contribution in [0.3, 0.4) is 0 Å². The molecule has 1 aliphatic heterocycles. The summed E-state index contributed by atoms with van der Waals surface area (Å²) in [5, 5.41) is 6.27. The summed E-state index contributed by atoms with van der Waals surface area (Å²) >= 11 is 1.31. The topological polar surface area (TPSA) is 45.6 Å². The fourth-order valence-corrected chi connectivity index (χ4v) is 5.56.